The largest absolute Gasteiger partial charge is 0.475 e. The van der Waals surface area contributed by atoms with Gasteiger partial charge in [-0.1, -0.05) is 6.07 Å². The molecule has 0 amide bonds. The predicted octanol–water partition coefficient (Wildman–Crippen LogP) is 3.19. The van der Waals surface area contributed by atoms with Gasteiger partial charge < -0.3 is 9.30 Å². The molecule has 4 rings (SSSR count). The molecule has 0 aromatic carbocycles. The second-order valence-corrected chi connectivity index (χ2v) is 7.29. The van der Waals surface area contributed by atoms with Crippen LogP contribution in [0.15, 0.2) is 48.4 Å². The second kappa shape index (κ2) is 7.33. The minimum atomic E-state index is -0.421. The van der Waals surface area contributed by atoms with E-state index in [1.165, 1.54) is 16.6 Å². The van der Waals surface area contributed by atoms with Crippen molar-refractivity contribution in [1.29, 1.82) is 0 Å². The van der Waals surface area contributed by atoms with Gasteiger partial charge in [-0.25, -0.2) is 14.4 Å². The molecular weight excluding hydrogens is 339 g/mol. The van der Waals surface area contributed by atoms with Gasteiger partial charge in [0.25, 0.3) is 0 Å². The van der Waals surface area contributed by atoms with Crippen molar-refractivity contribution in [2.45, 2.75) is 19.6 Å². The van der Waals surface area contributed by atoms with Crippen molar-refractivity contribution in [2.24, 2.45) is 5.92 Å². The molecule has 3 aromatic heterocycles. The molecule has 1 aliphatic heterocycles. The molecular formula is C18H19FN4OS. The Morgan fingerprint density at radius 2 is 2.24 bits per heavy atom. The van der Waals surface area contributed by atoms with Crippen LogP contribution in [0.5, 0.6) is 5.88 Å². The number of rotatable bonds is 5. The smallest absolute Gasteiger partial charge is 0.250 e. The molecule has 5 nitrogen and oxygen atoms in total. The summed E-state index contributed by atoms with van der Waals surface area (Å²) in [6.07, 6.45) is 5.32. The lowest BCUT2D eigenvalue weighted by atomic mass is 10.1. The van der Waals surface area contributed by atoms with Crippen molar-refractivity contribution in [3.8, 4) is 5.88 Å². The number of halogens is 1. The minimum absolute atomic E-state index is 0.0717. The number of aromatic nitrogens is 3. The van der Waals surface area contributed by atoms with E-state index in [1.54, 1.807) is 23.6 Å². The lowest BCUT2D eigenvalue weighted by Crippen LogP contribution is -2.30. The fourth-order valence-corrected chi connectivity index (χ4v) is 3.91. The van der Waals surface area contributed by atoms with Gasteiger partial charge in [0.15, 0.2) is 5.82 Å². The van der Waals surface area contributed by atoms with Crippen molar-refractivity contribution >= 4 is 11.3 Å². The molecule has 0 saturated carbocycles. The number of ether oxygens (including phenoxy) is 1. The first-order chi connectivity index (χ1) is 12.3. The monoisotopic (exact) mass is 358 g/mol. The normalized spacial score (nSPS) is 17.9. The number of imidazole rings is 1. The average molecular weight is 358 g/mol. The van der Waals surface area contributed by atoms with Crippen LogP contribution in [0.2, 0.25) is 0 Å². The summed E-state index contributed by atoms with van der Waals surface area (Å²) in [6, 6.07) is 7.16. The summed E-state index contributed by atoms with van der Waals surface area (Å²) in [4.78, 5) is 12.0. The van der Waals surface area contributed by atoms with Gasteiger partial charge in [-0.2, -0.15) is 0 Å². The highest BCUT2D eigenvalue weighted by atomic mass is 32.1. The summed E-state index contributed by atoms with van der Waals surface area (Å²) in [5.41, 5.74) is 1.20. The molecule has 4 heterocycles. The Balaban J connectivity index is 1.47. The number of fused-ring (bicyclic) bond motifs is 1. The van der Waals surface area contributed by atoms with Gasteiger partial charge in [0.1, 0.15) is 0 Å². The number of hydrogen-bond acceptors (Lipinski definition) is 5. The molecule has 130 valence electrons. The highest BCUT2D eigenvalue weighted by Crippen LogP contribution is 2.21. The molecule has 1 atom stereocenters. The van der Waals surface area contributed by atoms with Crippen LogP contribution in [0.4, 0.5) is 4.39 Å². The molecule has 0 spiro atoms. The van der Waals surface area contributed by atoms with E-state index in [4.69, 9.17) is 4.74 Å². The van der Waals surface area contributed by atoms with E-state index in [-0.39, 0.29) is 11.8 Å². The highest BCUT2D eigenvalue weighted by molar-refractivity contribution is 7.09. The zero-order valence-electron chi connectivity index (χ0n) is 13.7. The molecule has 7 heteroatoms. The number of hydrogen-bond donors (Lipinski definition) is 0. The van der Waals surface area contributed by atoms with E-state index >= 15 is 0 Å². The average Bonchev–Trinajstić information content (AvgIpc) is 3.23. The van der Waals surface area contributed by atoms with Crippen LogP contribution < -0.4 is 4.74 Å². The molecule has 0 bridgehead atoms. The van der Waals surface area contributed by atoms with Crippen LogP contribution in [0.25, 0.3) is 0 Å². The van der Waals surface area contributed by atoms with Gasteiger partial charge in [-0.3, -0.25) is 4.90 Å². The molecule has 0 fully saturated rings. The summed E-state index contributed by atoms with van der Waals surface area (Å²) in [7, 11) is 0. The summed E-state index contributed by atoms with van der Waals surface area (Å²) >= 11 is 1.77. The van der Waals surface area contributed by atoms with Crippen molar-refractivity contribution in [1.82, 2.24) is 19.4 Å². The van der Waals surface area contributed by atoms with Crippen LogP contribution >= 0.6 is 11.3 Å². The Bertz CT molecular complexity index is 820. The maximum atomic E-state index is 13.7. The lowest BCUT2D eigenvalue weighted by molar-refractivity contribution is 0.161. The van der Waals surface area contributed by atoms with Crippen molar-refractivity contribution < 1.29 is 9.13 Å². The Hall–Kier alpha value is -2.25. The van der Waals surface area contributed by atoms with Crippen LogP contribution in [-0.4, -0.2) is 32.6 Å². The van der Waals surface area contributed by atoms with Crippen LogP contribution in [0, 0.1) is 11.7 Å². The van der Waals surface area contributed by atoms with E-state index in [9.17, 15) is 4.39 Å². The summed E-state index contributed by atoms with van der Waals surface area (Å²) < 4.78 is 21.6. The van der Waals surface area contributed by atoms with E-state index in [1.807, 2.05) is 12.5 Å². The molecule has 0 unspecified atom stereocenters. The van der Waals surface area contributed by atoms with Gasteiger partial charge in [0.2, 0.25) is 5.88 Å². The van der Waals surface area contributed by atoms with Gasteiger partial charge in [-0.15, -0.1) is 11.3 Å². The first-order valence-electron chi connectivity index (χ1n) is 8.25. The molecule has 25 heavy (non-hydrogen) atoms. The minimum Gasteiger partial charge on any atom is -0.475 e. The maximum Gasteiger partial charge on any atom is 0.250 e. The van der Waals surface area contributed by atoms with Gasteiger partial charge in [0.05, 0.1) is 18.6 Å². The van der Waals surface area contributed by atoms with E-state index < -0.39 is 5.82 Å². The van der Waals surface area contributed by atoms with Crippen molar-refractivity contribution in [3.05, 3.63) is 64.8 Å². The van der Waals surface area contributed by atoms with Crippen molar-refractivity contribution in [3.63, 3.8) is 0 Å². The fraction of sp³-hybridized carbons (Fsp3) is 0.333. The van der Waals surface area contributed by atoms with Crippen LogP contribution in [-0.2, 0) is 19.6 Å². The summed E-state index contributed by atoms with van der Waals surface area (Å²) in [6.45, 7) is 3.87. The lowest BCUT2D eigenvalue weighted by Gasteiger charge is -2.23. The molecule has 3 aromatic rings. The van der Waals surface area contributed by atoms with Gasteiger partial charge in [-0.05, 0) is 23.6 Å². The van der Waals surface area contributed by atoms with Gasteiger partial charge >= 0.3 is 0 Å². The highest BCUT2D eigenvalue weighted by Gasteiger charge is 2.23. The second-order valence-electron chi connectivity index (χ2n) is 6.25. The molecule has 0 N–H and O–H groups in total. The number of pyridine rings is 1. The third-order valence-electron chi connectivity index (χ3n) is 4.30. The molecule has 0 aliphatic carbocycles. The molecule has 0 radical (unpaired) electrons. The van der Waals surface area contributed by atoms with E-state index in [2.05, 4.69) is 36.9 Å². The SMILES string of the molecule is Fc1cccnc1OC[C@H]1CN(Cc2cccs2)Cc2cncn2C1. The quantitative estimate of drug-likeness (QED) is 0.703. The summed E-state index contributed by atoms with van der Waals surface area (Å²) in [5, 5.41) is 2.10. The van der Waals surface area contributed by atoms with Gasteiger partial charge in [0, 0.05) is 49.4 Å². The zero-order valence-corrected chi connectivity index (χ0v) is 14.5. The maximum absolute atomic E-state index is 13.7. The zero-order chi connectivity index (χ0) is 17.1. The molecule has 0 saturated heterocycles. The van der Waals surface area contributed by atoms with Crippen molar-refractivity contribution in [2.75, 3.05) is 13.2 Å². The fourth-order valence-electron chi connectivity index (χ4n) is 3.16. The van der Waals surface area contributed by atoms with Crippen LogP contribution in [0.3, 0.4) is 0 Å². The molecule has 1 aliphatic rings. The standard InChI is InChI=1S/C18H19FN4OS/c19-17-4-1-5-21-18(17)24-12-14-8-22(11-16-3-2-6-25-16)10-15-7-20-13-23(15)9-14/h1-7,13-14H,8-12H2/t14-/m0/s1. The summed E-state index contributed by atoms with van der Waals surface area (Å²) in [5.74, 6) is -0.117. The first kappa shape index (κ1) is 16.2. The number of thiophene rings is 1. The van der Waals surface area contributed by atoms with E-state index in [0.717, 1.165) is 26.2 Å². The van der Waals surface area contributed by atoms with Crippen LogP contribution in [0.1, 0.15) is 10.6 Å². The Labute approximate surface area is 149 Å². The van der Waals surface area contributed by atoms with E-state index in [0.29, 0.717) is 6.61 Å². The Kier molecular flexibility index (Phi) is 4.76. The third-order valence-corrected chi connectivity index (χ3v) is 5.16. The third kappa shape index (κ3) is 3.88. The predicted molar refractivity (Wildman–Crippen MR) is 93.8 cm³/mol. The topological polar surface area (TPSA) is 43.2 Å². The Morgan fingerprint density at radius 3 is 3.08 bits per heavy atom. The first-order valence-corrected chi connectivity index (χ1v) is 9.13. The number of nitrogens with zero attached hydrogens (tertiary/aromatic N) is 4. The Morgan fingerprint density at radius 1 is 1.28 bits per heavy atom.